The number of nitrogens with two attached hydrogens (primary N) is 1. The molecule has 0 aliphatic carbocycles. The molecule has 0 bridgehead atoms. The monoisotopic (exact) mass is 512 g/mol. The summed E-state index contributed by atoms with van der Waals surface area (Å²) in [7, 11) is 1.50. The number of halogens is 1. The molecule has 11 heteroatoms. The Morgan fingerprint density at radius 1 is 1.27 bits per heavy atom. The molecule has 2 heterocycles. The molecule has 2 atom stereocenters. The van der Waals surface area contributed by atoms with Gasteiger partial charge < -0.3 is 31.4 Å². The number of hydrogen-bond acceptors (Lipinski definition) is 7. The Bertz CT molecular complexity index is 1140. The zero-order valence-corrected chi connectivity index (χ0v) is 21.2. The van der Waals surface area contributed by atoms with E-state index in [1.165, 1.54) is 32.0 Å². The SMILES string of the molecule is CNC(=O)[C@]1(Cc2ccccc2)CN(C(=O)[C@@H](COc2cncc(F)c2)NC(=O)C(C)(C)N)CCC1=N. The highest BCUT2D eigenvalue weighted by atomic mass is 19.1. The van der Waals surface area contributed by atoms with Crippen molar-refractivity contribution < 1.29 is 23.5 Å². The first-order valence-electron chi connectivity index (χ1n) is 11.9. The number of nitrogens with one attached hydrogen (secondary N) is 3. The lowest BCUT2D eigenvalue weighted by Gasteiger charge is -2.43. The highest BCUT2D eigenvalue weighted by Gasteiger charge is 2.48. The second-order valence-electron chi connectivity index (χ2n) is 9.71. The minimum Gasteiger partial charge on any atom is -0.489 e. The summed E-state index contributed by atoms with van der Waals surface area (Å²) in [6.45, 7) is 2.81. The minimum atomic E-state index is -1.28. The van der Waals surface area contributed by atoms with Crippen molar-refractivity contribution in [2.45, 2.75) is 38.3 Å². The van der Waals surface area contributed by atoms with Crippen molar-refractivity contribution in [1.29, 1.82) is 5.41 Å². The van der Waals surface area contributed by atoms with Crippen LogP contribution in [0.15, 0.2) is 48.8 Å². The Balaban J connectivity index is 1.88. The summed E-state index contributed by atoms with van der Waals surface area (Å²) < 4.78 is 19.1. The van der Waals surface area contributed by atoms with Gasteiger partial charge in [0.25, 0.3) is 0 Å². The smallest absolute Gasteiger partial charge is 0.248 e. The molecule has 0 spiro atoms. The van der Waals surface area contributed by atoms with Crippen LogP contribution < -0.4 is 21.1 Å². The molecule has 10 nitrogen and oxygen atoms in total. The quantitative estimate of drug-likeness (QED) is 0.394. The number of rotatable bonds is 9. The standard InChI is InChI=1S/C26H33FN6O4/c1-25(2,29)23(35)32-20(15-37-19-11-18(27)13-31-14-19)22(34)33-10-9-21(28)26(16-33,24(36)30-3)12-17-7-5-4-6-8-17/h4-8,11,13-14,20,28H,9-10,12,15-16,29H2,1-3H3,(H,30,36)(H,32,35)/t20-,26-/m1/s1. The van der Waals surface area contributed by atoms with Crippen LogP contribution in [-0.4, -0.2) is 71.6 Å². The number of nitrogens with zero attached hydrogens (tertiary/aromatic N) is 2. The third kappa shape index (κ3) is 6.67. The molecule has 1 fully saturated rings. The molecule has 1 aliphatic rings. The molecule has 0 saturated carbocycles. The van der Waals surface area contributed by atoms with Crippen LogP contribution in [0.2, 0.25) is 0 Å². The number of hydrogen-bond donors (Lipinski definition) is 4. The van der Waals surface area contributed by atoms with Gasteiger partial charge in [0.1, 0.15) is 29.6 Å². The van der Waals surface area contributed by atoms with Crippen molar-refractivity contribution in [3.8, 4) is 5.75 Å². The van der Waals surface area contributed by atoms with E-state index in [1.807, 2.05) is 30.3 Å². The zero-order valence-electron chi connectivity index (χ0n) is 21.2. The average molecular weight is 513 g/mol. The first kappa shape index (κ1) is 27.7. The Morgan fingerprint density at radius 3 is 2.59 bits per heavy atom. The number of piperidine rings is 1. The maximum atomic E-state index is 13.7. The number of benzene rings is 1. The zero-order chi connectivity index (χ0) is 27.2. The molecular formula is C26H33FN6O4. The summed E-state index contributed by atoms with van der Waals surface area (Å²) in [6.07, 6.45) is 2.72. The summed E-state index contributed by atoms with van der Waals surface area (Å²) in [4.78, 5) is 44.7. The van der Waals surface area contributed by atoms with Crippen molar-refractivity contribution in [3.05, 3.63) is 60.2 Å². The molecule has 3 amide bonds. The lowest BCUT2D eigenvalue weighted by Crippen LogP contribution is -2.63. The number of pyridine rings is 1. The molecule has 2 aromatic rings. The van der Waals surface area contributed by atoms with Crippen LogP contribution in [0.5, 0.6) is 5.75 Å². The molecule has 198 valence electrons. The molecule has 1 saturated heterocycles. The van der Waals surface area contributed by atoms with E-state index in [0.29, 0.717) is 0 Å². The summed E-state index contributed by atoms with van der Waals surface area (Å²) in [5.74, 6) is -1.99. The van der Waals surface area contributed by atoms with Crippen molar-refractivity contribution >= 4 is 23.4 Å². The third-order valence-electron chi connectivity index (χ3n) is 6.28. The van der Waals surface area contributed by atoms with Crippen molar-refractivity contribution in [2.75, 3.05) is 26.7 Å². The van der Waals surface area contributed by atoms with Crippen LogP contribution in [0, 0.1) is 16.6 Å². The molecule has 1 aromatic carbocycles. The van der Waals surface area contributed by atoms with Gasteiger partial charge in [-0.15, -0.1) is 0 Å². The van der Waals surface area contributed by atoms with E-state index in [-0.39, 0.29) is 49.9 Å². The maximum Gasteiger partial charge on any atom is 0.248 e. The normalized spacial score (nSPS) is 18.6. The fraction of sp³-hybridized carbons (Fsp3) is 0.423. The average Bonchev–Trinajstić information content (AvgIpc) is 2.86. The van der Waals surface area contributed by atoms with Gasteiger partial charge >= 0.3 is 0 Å². The number of amides is 3. The van der Waals surface area contributed by atoms with E-state index in [0.717, 1.165) is 17.8 Å². The van der Waals surface area contributed by atoms with E-state index < -0.39 is 34.6 Å². The molecule has 3 rings (SSSR count). The fourth-order valence-electron chi connectivity index (χ4n) is 4.20. The first-order valence-corrected chi connectivity index (χ1v) is 11.9. The van der Waals surface area contributed by atoms with Crippen molar-refractivity contribution in [1.82, 2.24) is 20.5 Å². The third-order valence-corrected chi connectivity index (χ3v) is 6.28. The second-order valence-corrected chi connectivity index (χ2v) is 9.71. The summed E-state index contributed by atoms with van der Waals surface area (Å²) in [5, 5.41) is 13.9. The minimum absolute atomic E-state index is 0.0564. The van der Waals surface area contributed by atoms with Gasteiger partial charge in [0.15, 0.2) is 0 Å². The molecule has 1 aromatic heterocycles. The van der Waals surface area contributed by atoms with E-state index >= 15 is 0 Å². The van der Waals surface area contributed by atoms with Crippen LogP contribution in [0.4, 0.5) is 4.39 Å². The highest BCUT2D eigenvalue weighted by Crippen LogP contribution is 2.32. The predicted molar refractivity (Wildman–Crippen MR) is 135 cm³/mol. The molecular weight excluding hydrogens is 479 g/mol. The second kappa shape index (κ2) is 11.5. The van der Waals surface area contributed by atoms with Gasteiger partial charge in [-0.25, -0.2) is 4.39 Å². The van der Waals surface area contributed by atoms with Crippen LogP contribution in [0.3, 0.4) is 0 Å². The molecule has 5 N–H and O–H groups in total. The Hall–Kier alpha value is -3.86. The Morgan fingerprint density at radius 2 is 1.97 bits per heavy atom. The maximum absolute atomic E-state index is 13.7. The molecule has 0 radical (unpaired) electrons. The topological polar surface area (TPSA) is 150 Å². The molecule has 0 unspecified atom stereocenters. The number of carbonyl (C=O) groups excluding carboxylic acids is 3. The van der Waals surface area contributed by atoms with E-state index in [9.17, 15) is 18.8 Å². The fourth-order valence-corrected chi connectivity index (χ4v) is 4.20. The summed E-state index contributed by atoms with van der Waals surface area (Å²) >= 11 is 0. The molecule has 1 aliphatic heterocycles. The largest absolute Gasteiger partial charge is 0.489 e. The number of aromatic nitrogens is 1. The highest BCUT2D eigenvalue weighted by molar-refractivity contribution is 6.09. The van der Waals surface area contributed by atoms with Gasteiger partial charge in [-0.05, 0) is 25.8 Å². The van der Waals surface area contributed by atoms with Crippen LogP contribution in [0.25, 0.3) is 0 Å². The number of ether oxygens (including phenoxy) is 1. The van der Waals surface area contributed by atoms with Gasteiger partial charge in [0.05, 0.1) is 17.9 Å². The van der Waals surface area contributed by atoms with Gasteiger partial charge in [0.2, 0.25) is 17.7 Å². The lowest BCUT2D eigenvalue weighted by atomic mass is 9.72. The Labute approximate surface area is 215 Å². The van der Waals surface area contributed by atoms with Gasteiger partial charge in [-0.2, -0.15) is 0 Å². The summed E-state index contributed by atoms with van der Waals surface area (Å²) in [6, 6.07) is 9.23. The van der Waals surface area contributed by atoms with E-state index in [1.54, 1.807) is 0 Å². The van der Waals surface area contributed by atoms with Crippen LogP contribution in [-0.2, 0) is 20.8 Å². The number of likely N-dealkylation sites (tertiary alicyclic amines) is 1. The van der Waals surface area contributed by atoms with Crippen LogP contribution >= 0.6 is 0 Å². The van der Waals surface area contributed by atoms with Gasteiger partial charge in [-0.1, -0.05) is 30.3 Å². The molecule has 37 heavy (non-hydrogen) atoms. The van der Waals surface area contributed by atoms with Crippen molar-refractivity contribution in [3.63, 3.8) is 0 Å². The van der Waals surface area contributed by atoms with Crippen LogP contribution in [0.1, 0.15) is 25.8 Å². The predicted octanol–water partition coefficient (Wildman–Crippen LogP) is 1.05. The Kier molecular flexibility index (Phi) is 8.59. The first-order chi connectivity index (χ1) is 17.5. The number of carbonyl (C=O) groups is 3. The van der Waals surface area contributed by atoms with E-state index in [2.05, 4.69) is 15.6 Å². The van der Waals surface area contributed by atoms with E-state index in [4.69, 9.17) is 15.9 Å². The lowest BCUT2D eigenvalue weighted by molar-refractivity contribution is -0.141. The van der Waals surface area contributed by atoms with Gasteiger partial charge in [-0.3, -0.25) is 19.4 Å². The summed E-state index contributed by atoms with van der Waals surface area (Å²) in [5.41, 5.74) is 4.44. The van der Waals surface area contributed by atoms with Crippen molar-refractivity contribution in [2.24, 2.45) is 11.1 Å². The van der Waals surface area contributed by atoms with Gasteiger partial charge in [0, 0.05) is 38.3 Å².